The van der Waals surface area contributed by atoms with Crippen LogP contribution in [0.25, 0.3) is 10.1 Å². The van der Waals surface area contributed by atoms with Crippen LogP contribution in [-0.4, -0.2) is 42.0 Å². The summed E-state index contributed by atoms with van der Waals surface area (Å²) in [5, 5.41) is 6.87. The number of benzene rings is 2. The van der Waals surface area contributed by atoms with Crippen LogP contribution in [0.15, 0.2) is 42.5 Å². The highest BCUT2D eigenvalue weighted by atomic mass is 35.5. The van der Waals surface area contributed by atoms with Crippen LogP contribution in [0.3, 0.4) is 0 Å². The molecule has 0 fully saturated rings. The van der Waals surface area contributed by atoms with E-state index in [1.54, 1.807) is 42.3 Å². The molecule has 0 saturated heterocycles. The number of nitrogens with zero attached hydrogens (tertiary/aromatic N) is 1. The van der Waals surface area contributed by atoms with E-state index in [0.717, 1.165) is 10.1 Å². The number of ether oxygens (including phenoxy) is 1. The SMILES string of the molecule is CCN(CC)C(=O)c1cccc(NC(=S)NC(=O)c2sc3cc(OC)ccc3c2Cl)c1. The second-order valence-electron chi connectivity index (χ2n) is 6.57. The molecular weight excluding hydrogens is 454 g/mol. The van der Waals surface area contributed by atoms with Gasteiger partial charge in [0.2, 0.25) is 0 Å². The summed E-state index contributed by atoms with van der Waals surface area (Å²) in [6.45, 7) is 5.12. The summed E-state index contributed by atoms with van der Waals surface area (Å²) in [7, 11) is 1.58. The summed E-state index contributed by atoms with van der Waals surface area (Å²) in [4.78, 5) is 27.4. The Morgan fingerprint density at radius 1 is 1.16 bits per heavy atom. The van der Waals surface area contributed by atoms with Crippen molar-refractivity contribution in [1.29, 1.82) is 0 Å². The van der Waals surface area contributed by atoms with Crippen LogP contribution in [0.2, 0.25) is 5.02 Å². The van der Waals surface area contributed by atoms with E-state index in [-0.39, 0.29) is 11.0 Å². The number of anilines is 1. The number of thiocarbonyl (C=S) groups is 1. The zero-order valence-corrected chi connectivity index (χ0v) is 19.7. The Hall–Kier alpha value is -2.68. The number of fused-ring (bicyclic) bond motifs is 1. The standard InChI is InChI=1S/C22H22ClN3O3S2/c1-4-26(5-2)21(28)13-7-6-8-14(11-13)24-22(30)25-20(27)19-18(23)16-10-9-15(29-3)12-17(16)31-19/h6-12H,4-5H2,1-3H3,(H2,24,25,27,30). The normalized spacial score (nSPS) is 10.6. The monoisotopic (exact) mass is 475 g/mol. The number of carbonyl (C=O) groups is 2. The Kier molecular flexibility index (Phi) is 7.48. The molecule has 31 heavy (non-hydrogen) atoms. The third kappa shape index (κ3) is 5.15. The molecule has 0 unspecified atom stereocenters. The Labute approximate surface area is 195 Å². The Bertz CT molecular complexity index is 1140. The fourth-order valence-corrected chi connectivity index (χ4v) is 4.72. The molecule has 0 atom stereocenters. The van der Waals surface area contributed by atoms with Crippen LogP contribution in [0.4, 0.5) is 5.69 Å². The highest BCUT2D eigenvalue weighted by Crippen LogP contribution is 2.37. The lowest BCUT2D eigenvalue weighted by atomic mass is 10.1. The van der Waals surface area contributed by atoms with Gasteiger partial charge in [-0.1, -0.05) is 17.7 Å². The van der Waals surface area contributed by atoms with E-state index in [9.17, 15) is 9.59 Å². The third-order valence-corrected chi connectivity index (χ3v) is 6.55. The molecule has 0 aliphatic carbocycles. The number of amides is 2. The largest absolute Gasteiger partial charge is 0.497 e. The van der Waals surface area contributed by atoms with Crippen molar-refractivity contribution < 1.29 is 14.3 Å². The molecule has 0 saturated carbocycles. The van der Waals surface area contributed by atoms with Crippen molar-refractivity contribution in [3.05, 3.63) is 57.9 Å². The van der Waals surface area contributed by atoms with E-state index in [0.29, 0.717) is 40.0 Å². The number of rotatable bonds is 6. The topological polar surface area (TPSA) is 70.7 Å². The molecule has 9 heteroatoms. The Balaban J connectivity index is 1.72. The van der Waals surface area contributed by atoms with Gasteiger partial charge in [-0.25, -0.2) is 0 Å². The maximum absolute atomic E-state index is 12.7. The van der Waals surface area contributed by atoms with Crippen molar-refractivity contribution in [2.75, 3.05) is 25.5 Å². The number of hydrogen-bond acceptors (Lipinski definition) is 5. The van der Waals surface area contributed by atoms with Crippen molar-refractivity contribution in [2.24, 2.45) is 0 Å². The van der Waals surface area contributed by atoms with Gasteiger partial charge in [0, 0.05) is 34.4 Å². The summed E-state index contributed by atoms with van der Waals surface area (Å²) in [5.74, 6) is 0.225. The minimum atomic E-state index is -0.405. The van der Waals surface area contributed by atoms with Crippen LogP contribution in [0.5, 0.6) is 5.75 Å². The molecule has 2 N–H and O–H groups in total. The van der Waals surface area contributed by atoms with Gasteiger partial charge in [-0.2, -0.15) is 0 Å². The molecule has 3 rings (SSSR count). The lowest BCUT2D eigenvalue weighted by Crippen LogP contribution is -2.34. The zero-order chi connectivity index (χ0) is 22.5. The van der Waals surface area contributed by atoms with E-state index in [2.05, 4.69) is 10.6 Å². The average Bonchev–Trinajstić information content (AvgIpc) is 3.10. The fraction of sp³-hybridized carbons (Fsp3) is 0.227. The molecule has 6 nitrogen and oxygen atoms in total. The van der Waals surface area contributed by atoms with Gasteiger partial charge >= 0.3 is 0 Å². The van der Waals surface area contributed by atoms with Crippen LogP contribution in [-0.2, 0) is 0 Å². The first-order chi connectivity index (χ1) is 14.9. The van der Waals surface area contributed by atoms with Gasteiger partial charge in [0.05, 0.1) is 12.1 Å². The van der Waals surface area contributed by atoms with Gasteiger partial charge in [0.1, 0.15) is 10.6 Å². The molecule has 0 radical (unpaired) electrons. The predicted molar refractivity (Wildman–Crippen MR) is 131 cm³/mol. The van der Waals surface area contributed by atoms with Crippen LogP contribution in [0, 0.1) is 0 Å². The number of nitrogens with one attached hydrogen (secondary N) is 2. The van der Waals surface area contributed by atoms with E-state index in [1.807, 2.05) is 26.0 Å². The third-order valence-electron chi connectivity index (χ3n) is 4.69. The zero-order valence-electron chi connectivity index (χ0n) is 17.3. The minimum Gasteiger partial charge on any atom is -0.497 e. The molecule has 0 aliphatic heterocycles. The van der Waals surface area contributed by atoms with Gasteiger partial charge in [0.25, 0.3) is 11.8 Å². The van der Waals surface area contributed by atoms with Gasteiger partial charge < -0.3 is 15.0 Å². The predicted octanol–water partition coefficient (Wildman–Crippen LogP) is 5.17. The highest BCUT2D eigenvalue weighted by molar-refractivity contribution is 7.80. The summed E-state index contributed by atoms with van der Waals surface area (Å²) >= 11 is 13.0. The first kappa shape index (κ1) is 23.0. The lowest BCUT2D eigenvalue weighted by Gasteiger charge is -2.19. The summed E-state index contributed by atoms with van der Waals surface area (Å²) in [5.41, 5.74) is 1.15. The van der Waals surface area contributed by atoms with E-state index >= 15 is 0 Å². The number of methoxy groups -OCH3 is 1. The smallest absolute Gasteiger partial charge is 0.269 e. The number of halogens is 1. The Morgan fingerprint density at radius 3 is 2.58 bits per heavy atom. The molecule has 0 aliphatic rings. The number of thiophene rings is 1. The first-order valence-corrected chi connectivity index (χ1v) is 11.3. The molecule has 2 aromatic carbocycles. The maximum Gasteiger partial charge on any atom is 0.269 e. The van der Waals surface area contributed by atoms with E-state index < -0.39 is 5.91 Å². The van der Waals surface area contributed by atoms with Crippen molar-refractivity contribution in [3.63, 3.8) is 0 Å². The minimum absolute atomic E-state index is 0.0592. The van der Waals surface area contributed by atoms with E-state index in [4.69, 9.17) is 28.6 Å². The van der Waals surface area contributed by atoms with E-state index in [1.165, 1.54) is 11.3 Å². The first-order valence-electron chi connectivity index (χ1n) is 9.65. The molecular formula is C22H22ClN3O3S2. The van der Waals surface area contributed by atoms with Crippen LogP contribution >= 0.6 is 35.2 Å². The molecule has 0 spiro atoms. The molecule has 0 bridgehead atoms. The van der Waals surface area contributed by atoms with Gasteiger partial charge in [-0.15, -0.1) is 11.3 Å². The molecule has 162 valence electrons. The van der Waals surface area contributed by atoms with Crippen molar-refractivity contribution in [2.45, 2.75) is 13.8 Å². The fourth-order valence-electron chi connectivity index (χ4n) is 3.06. The highest BCUT2D eigenvalue weighted by Gasteiger charge is 2.19. The van der Waals surface area contributed by atoms with Gasteiger partial charge in [-0.05, 0) is 62.5 Å². The number of hydrogen-bond donors (Lipinski definition) is 2. The molecule has 1 aromatic heterocycles. The van der Waals surface area contributed by atoms with Crippen LogP contribution < -0.4 is 15.4 Å². The van der Waals surface area contributed by atoms with Gasteiger partial charge in [-0.3, -0.25) is 14.9 Å². The van der Waals surface area contributed by atoms with Crippen molar-refractivity contribution >= 4 is 67.9 Å². The Morgan fingerprint density at radius 2 is 1.90 bits per heavy atom. The maximum atomic E-state index is 12.7. The second kappa shape index (κ2) is 10.1. The molecule has 3 aromatic rings. The number of carbonyl (C=O) groups excluding carboxylic acids is 2. The quantitative estimate of drug-likeness (QED) is 0.481. The molecule has 1 heterocycles. The average molecular weight is 476 g/mol. The summed E-state index contributed by atoms with van der Waals surface area (Å²) < 4.78 is 6.07. The second-order valence-corrected chi connectivity index (χ2v) is 8.41. The van der Waals surface area contributed by atoms with Crippen molar-refractivity contribution in [1.82, 2.24) is 10.2 Å². The lowest BCUT2D eigenvalue weighted by molar-refractivity contribution is 0.0772. The van der Waals surface area contributed by atoms with Crippen molar-refractivity contribution in [3.8, 4) is 5.75 Å². The summed E-state index contributed by atoms with van der Waals surface area (Å²) in [6, 6.07) is 12.4. The van der Waals surface area contributed by atoms with Gasteiger partial charge in [0.15, 0.2) is 5.11 Å². The van der Waals surface area contributed by atoms with Crippen LogP contribution in [0.1, 0.15) is 33.9 Å². The summed E-state index contributed by atoms with van der Waals surface area (Å²) in [6.07, 6.45) is 0. The molecule has 2 amide bonds.